The van der Waals surface area contributed by atoms with Gasteiger partial charge in [0.1, 0.15) is 5.75 Å². The van der Waals surface area contributed by atoms with E-state index in [-0.39, 0.29) is 5.75 Å². The van der Waals surface area contributed by atoms with Crippen LogP contribution in [0, 0.1) is 11.6 Å². The zero-order valence-electron chi connectivity index (χ0n) is 10.00. The van der Waals surface area contributed by atoms with Crippen molar-refractivity contribution < 1.29 is 13.5 Å². The van der Waals surface area contributed by atoms with Gasteiger partial charge in [-0.3, -0.25) is 0 Å². The summed E-state index contributed by atoms with van der Waals surface area (Å²) in [7, 11) is 0. The molecule has 0 bridgehead atoms. The maximum Gasteiger partial charge on any atom is 0.201 e. The van der Waals surface area contributed by atoms with Crippen molar-refractivity contribution in [1.82, 2.24) is 0 Å². The summed E-state index contributed by atoms with van der Waals surface area (Å²) in [6.45, 7) is 0.454. The third kappa shape index (κ3) is 3.30. The lowest BCUT2D eigenvalue weighted by Crippen LogP contribution is -2.04. The largest absolute Gasteiger partial charge is 0.454 e. The Bertz CT molecular complexity index is 590. The molecule has 0 fully saturated rings. The van der Waals surface area contributed by atoms with Crippen LogP contribution in [0.15, 0.2) is 40.9 Å². The molecule has 0 radical (unpaired) electrons. The number of ether oxygens (including phenoxy) is 1. The normalized spacial score (nSPS) is 10.5. The summed E-state index contributed by atoms with van der Waals surface area (Å²) >= 11 is 3.10. The van der Waals surface area contributed by atoms with Crippen LogP contribution in [-0.2, 0) is 6.42 Å². The Labute approximate surface area is 118 Å². The van der Waals surface area contributed by atoms with Crippen LogP contribution in [0.1, 0.15) is 5.56 Å². The second-order valence-electron chi connectivity index (χ2n) is 3.95. The van der Waals surface area contributed by atoms with E-state index in [0.717, 1.165) is 11.6 Å². The van der Waals surface area contributed by atoms with Gasteiger partial charge in [0, 0.05) is 4.47 Å². The molecule has 0 heterocycles. The summed E-state index contributed by atoms with van der Waals surface area (Å²) < 4.78 is 32.8. The molecule has 5 heteroatoms. The predicted molar refractivity (Wildman–Crippen MR) is 73.3 cm³/mol. The van der Waals surface area contributed by atoms with Gasteiger partial charge in [-0.2, -0.15) is 4.39 Å². The fraction of sp³-hybridized carbons (Fsp3) is 0.143. The standard InChI is InChI=1S/C14H12BrF2NO/c15-10-7-11(16)14(17)13(8-10)19-12-4-2-1-3-9(12)5-6-18/h1-4,7-8H,5-6,18H2. The van der Waals surface area contributed by atoms with Crippen molar-refractivity contribution in [3.63, 3.8) is 0 Å². The quantitative estimate of drug-likeness (QED) is 0.861. The maximum absolute atomic E-state index is 13.6. The molecule has 2 N–H and O–H groups in total. The van der Waals surface area contributed by atoms with Crippen LogP contribution in [0.4, 0.5) is 8.78 Å². The van der Waals surface area contributed by atoms with Crippen LogP contribution in [0.5, 0.6) is 11.5 Å². The predicted octanol–water partition coefficient (Wildman–Crippen LogP) is 4.02. The molecule has 0 saturated carbocycles. The summed E-state index contributed by atoms with van der Waals surface area (Å²) in [5, 5.41) is 0. The van der Waals surface area contributed by atoms with Crippen LogP contribution in [0.25, 0.3) is 0 Å². The van der Waals surface area contributed by atoms with Gasteiger partial charge in [-0.25, -0.2) is 4.39 Å². The fourth-order valence-corrected chi connectivity index (χ4v) is 2.10. The first-order chi connectivity index (χ1) is 9.11. The Morgan fingerprint density at radius 2 is 1.84 bits per heavy atom. The first-order valence-corrected chi connectivity index (χ1v) is 6.51. The lowest BCUT2D eigenvalue weighted by atomic mass is 10.1. The number of hydrogen-bond donors (Lipinski definition) is 1. The average molecular weight is 328 g/mol. The second kappa shape index (κ2) is 6.12. The van der Waals surface area contributed by atoms with Crippen molar-refractivity contribution in [2.24, 2.45) is 5.73 Å². The van der Waals surface area contributed by atoms with E-state index in [0.29, 0.717) is 23.2 Å². The highest BCUT2D eigenvalue weighted by atomic mass is 79.9. The molecule has 19 heavy (non-hydrogen) atoms. The van der Waals surface area contributed by atoms with E-state index in [1.807, 2.05) is 12.1 Å². The Morgan fingerprint density at radius 3 is 2.58 bits per heavy atom. The Morgan fingerprint density at radius 1 is 1.11 bits per heavy atom. The van der Waals surface area contributed by atoms with Crippen molar-refractivity contribution >= 4 is 15.9 Å². The van der Waals surface area contributed by atoms with Crippen LogP contribution in [-0.4, -0.2) is 6.54 Å². The van der Waals surface area contributed by atoms with Crippen molar-refractivity contribution in [2.75, 3.05) is 6.54 Å². The highest BCUT2D eigenvalue weighted by Gasteiger charge is 2.13. The zero-order valence-corrected chi connectivity index (χ0v) is 11.6. The molecular weight excluding hydrogens is 316 g/mol. The first-order valence-electron chi connectivity index (χ1n) is 5.72. The van der Waals surface area contributed by atoms with Gasteiger partial charge in [-0.05, 0) is 36.7 Å². The van der Waals surface area contributed by atoms with Gasteiger partial charge in [0.2, 0.25) is 5.82 Å². The van der Waals surface area contributed by atoms with E-state index < -0.39 is 11.6 Å². The van der Waals surface area contributed by atoms with E-state index >= 15 is 0 Å². The summed E-state index contributed by atoms with van der Waals surface area (Å²) in [6, 6.07) is 9.58. The monoisotopic (exact) mass is 327 g/mol. The number of nitrogens with two attached hydrogens (primary N) is 1. The number of rotatable bonds is 4. The topological polar surface area (TPSA) is 35.2 Å². The van der Waals surface area contributed by atoms with Crippen molar-refractivity contribution in [1.29, 1.82) is 0 Å². The minimum Gasteiger partial charge on any atom is -0.454 e. The van der Waals surface area contributed by atoms with Gasteiger partial charge in [-0.15, -0.1) is 0 Å². The van der Waals surface area contributed by atoms with Gasteiger partial charge < -0.3 is 10.5 Å². The summed E-state index contributed by atoms with van der Waals surface area (Å²) in [5.74, 6) is -1.65. The third-order valence-electron chi connectivity index (χ3n) is 2.57. The summed E-state index contributed by atoms with van der Waals surface area (Å²) in [5.41, 5.74) is 6.36. The molecule has 0 aliphatic rings. The fourth-order valence-electron chi connectivity index (χ4n) is 1.69. The van der Waals surface area contributed by atoms with E-state index in [2.05, 4.69) is 15.9 Å². The van der Waals surface area contributed by atoms with Crippen molar-refractivity contribution in [2.45, 2.75) is 6.42 Å². The highest BCUT2D eigenvalue weighted by Crippen LogP contribution is 2.31. The molecule has 0 saturated heterocycles. The van der Waals surface area contributed by atoms with Crippen LogP contribution in [0.2, 0.25) is 0 Å². The number of halogens is 3. The molecule has 0 aliphatic heterocycles. The molecular formula is C14H12BrF2NO. The molecule has 0 aliphatic carbocycles. The van der Waals surface area contributed by atoms with Gasteiger partial charge in [0.25, 0.3) is 0 Å². The SMILES string of the molecule is NCCc1ccccc1Oc1cc(Br)cc(F)c1F. The average Bonchev–Trinajstić information content (AvgIpc) is 2.38. The lowest BCUT2D eigenvalue weighted by Gasteiger charge is -2.11. The van der Waals surface area contributed by atoms with Crippen molar-refractivity contribution in [3.05, 3.63) is 58.1 Å². The van der Waals surface area contributed by atoms with E-state index in [9.17, 15) is 8.78 Å². The van der Waals surface area contributed by atoms with E-state index in [4.69, 9.17) is 10.5 Å². The smallest absolute Gasteiger partial charge is 0.201 e. The lowest BCUT2D eigenvalue weighted by molar-refractivity contribution is 0.412. The molecule has 2 aromatic rings. The Kier molecular flexibility index (Phi) is 4.50. The molecule has 0 unspecified atom stereocenters. The highest BCUT2D eigenvalue weighted by molar-refractivity contribution is 9.10. The molecule has 2 aromatic carbocycles. The van der Waals surface area contributed by atoms with Crippen molar-refractivity contribution in [3.8, 4) is 11.5 Å². The van der Waals surface area contributed by atoms with Crippen LogP contribution in [0.3, 0.4) is 0 Å². The van der Waals surface area contributed by atoms with E-state index in [1.165, 1.54) is 6.07 Å². The molecule has 2 rings (SSSR count). The number of hydrogen-bond acceptors (Lipinski definition) is 2. The first kappa shape index (κ1) is 14.0. The number of benzene rings is 2. The minimum atomic E-state index is -1.01. The van der Waals surface area contributed by atoms with Gasteiger partial charge in [0.15, 0.2) is 11.6 Å². The van der Waals surface area contributed by atoms with E-state index in [1.54, 1.807) is 12.1 Å². The molecule has 0 amide bonds. The summed E-state index contributed by atoms with van der Waals surface area (Å²) in [4.78, 5) is 0. The molecule has 0 aromatic heterocycles. The molecule has 0 spiro atoms. The summed E-state index contributed by atoms with van der Waals surface area (Å²) in [6.07, 6.45) is 0.605. The molecule has 100 valence electrons. The van der Waals surface area contributed by atoms with Gasteiger partial charge in [-0.1, -0.05) is 34.1 Å². The maximum atomic E-state index is 13.6. The molecule has 2 nitrogen and oxygen atoms in total. The van der Waals surface area contributed by atoms with Gasteiger partial charge >= 0.3 is 0 Å². The van der Waals surface area contributed by atoms with Crippen LogP contribution >= 0.6 is 15.9 Å². The minimum absolute atomic E-state index is 0.156. The van der Waals surface area contributed by atoms with Crippen LogP contribution < -0.4 is 10.5 Å². The zero-order chi connectivity index (χ0) is 13.8. The molecule has 0 atom stereocenters. The second-order valence-corrected chi connectivity index (χ2v) is 4.86. The number of para-hydroxylation sites is 1. The Balaban J connectivity index is 2.36. The Hall–Kier alpha value is -1.46. The third-order valence-corrected chi connectivity index (χ3v) is 3.02. The van der Waals surface area contributed by atoms with Gasteiger partial charge in [0.05, 0.1) is 0 Å².